The van der Waals surface area contributed by atoms with Crippen molar-refractivity contribution in [2.75, 3.05) is 25.1 Å². The smallest absolute Gasteiger partial charge is 0.324 e. The van der Waals surface area contributed by atoms with Gasteiger partial charge in [-0.1, -0.05) is 6.07 Å². The van der Waals surface area contributed by atoms with Crippen LogP contribution in [-0.4, -0.2) is 98.6 Å². The molecule has 3 heterocycles. The van der Waals surface area contributed by atoms with Gasteiger partial charge in [-0.25, -0.2) is 14.3 Å². The lowest BCUT2D eigenvalue weighted by Gasteiger charge is -2.21. The van der Waals surface area contributed by atoms with Crippen LogP contribution >= 0.6 is 30.4 Å². The Bertz CT molecular complexity index is 1350. The average Bonchev–Trinajstić information content (AvgIpc) is 3.38. The Morgan fingerprint density at radius 2 is 0.900 bits per heavy atom. The molecule has 0 amide bonds. The first kappa shape index (κ1) is 32.6. The summed E-state index contributed by atoms with van der Waals surface area (Å²) in [5.74, 6) is 0.559. The molecule has 0 atom stereocenters. The first-order valence-electron chi connectivity index (χ1n) is 10.9. The molecule has 19 nitrogen and oxygen atoms in total. The Labute approximate surface area is 226 Å². The van der Waals surface area contributed by atoms with E-state index < -0.39 is 55.5 Å². The molecule has 222 valence electrons. The largest absolute Gasteiger partial charge is 0.339 e. The number of pyridine rings is 1. The predicted molar refractivity (Wildman–Crippen MR) is 137 cm³/mol. The molecule has 0 spiro atoms. The molecule has 0 unspecified atom stereocenters. The highest BCUT2D eigenvalue weighted by atomic mass is 31.2. The van der Waals surface area contributed by atoms with Crippen LogP contribution in [0.1, 0.15) is 11.4 Å². The molecule has 3 rings (SSSR count). The molecule has 0 saturated heterocycles. The molecule has 0 bridgehead atoms. The van der Waals surface area contributed by atoms with E-state index in [0.29, 0.717) is 0 Å². The summed E-state index contributed by atoms with van der Waals surface area (Å²) in [5.41, 5.74) is 0.483. The predicted octanol–water partition coefficient (Wildman–Crippen LogP) is -0.402. The maximum atomic E-state index is 11.4. The van der Waals surface area contributed by atoms with Gasteiger partial charge in [0.1, 0.15) is 25.1 Å². The molecule has 3 aromatic heterocycles. The van der Waals surface area contributed by atoms with Crippen molar-refractivity contribution in [3.8, 4) is 11.6 Å². The molecule has 23 heteroatoms. The van der Waals surface area contributed by atoms with Gasteiger partial charge in [-0.2, -0.15) is 10.2 Å². The standard InChI is InChI=1S/C17H27N7O12P4/c25-37(26,27)10-21(11-38(28,29)30)8-14-4-6-23(19-14)16-2-1-3-17(18-16)24-7-5-15(20-24)9-22(12-39(31,32)33)13-40(34,35)36/h1-7H,8-13H2,(H2,25,26,27)(H2,28,29,30)(H2,31,32,33)(H2,34,35,36). The third-order valence-corrected chi connectivity index (χ3v) is 7.86. The van der Waals surface area contributed by atoms with Crippen molar-refractivity contribution < 1.29 is 57.4 Å². The summed E-state index contributed by atoms with van der Waals surface area (Å²) in [4.78, 5) is 80.1. The van der Waals surface area contributed by atoms with E-state index in [4.69, 9.17) is 0 Å². The molecular formula is C17H27N7O12P4. The van der Waals surface area contributed by atoms with Gasteiger partial charge in [-0.15, -0.1) is 0 Å². The van der Waals surface area contributed by atoms with E-state index in [2.05, 4.69) is 15.2 Å². The monoisotopic (exact) mass is 645 g/mol. The maximum absolute atomic E-state index is 11.4. The number of aromatic nitrogens is 5. The number of rotatable bonds is 14. The topological polar surface area (TPSA) is 285 Å². The van der Waals surface area contributed by atoms with Crippen LogP contribution in [0.3, 0.4) is 0 Å². The molecule has 40 heavy (non-hydrogen) atoms. The minimum Gasteiger partial charge on any atom is -0.324 e. The first-order chi connectivity index (χ1) is 18.2. The summed E-state index contributed by atoms with van der Waals surface area (Å²) in [6.45, 7) is -0.545. The third kappa shape index (κ3) is 11.5. The fourth-order valence-electron chi connectivity index (χ4n) is 3.60. The van der Waals surface area contributed by atoms with Crippen molar-refractivity contribution in [1.82, 2.24) is 34.3 Å². The molecule has 0 radical (unpaired) electrons. The fourth-order valence-corrected chi connectivity index (χ4v) is 6.80. The van der Waals surface area contributed by atoms with E-state index in [0.717, 1.165) is 9.80 Å². The van der Waals surface area contributed by atoms with Crippen molar-refractivity contribution in [1.29, 1.82) is 0 Å². The van der Waals surface area contributed by atoms with Gasteiger partial charge in [0, 0.05) is 25.5 Å². The van der Waals surface area contributed by atoms with Gasteiger partial charge in [0.2, 0.25) is 0 Å². The van der Waals surface area contributed by atoms with Gasteiger partial charge in [0.15, 0.2) is 11.6 Å². The van der Waals surface area contributed by atoms with Crippen molar-refractivity contribution in [3.63, 3.8) is 0 Å². The third-order valence-electron chi connectivity index (χ3n) is 4.79. The highest BCUT2D eigenvalue weighted by molar-refractivity contribution is 7.53. The van der Waals surface area contributed by atoms with Crippen LogP contribution in [0.25, 0.3) is 11.6 Å². The Hall–Kier alpha value is -1.91. The summed E-state index contributed by atoms with van der Waals surface area (Å²) >= 11 is 0. The Morgan fingerprint density at radius 3 is 1.20 bits per heavy atom. The lowest BCUT2D eigenvalue weighted by atomic mass is 10.4. The summed E-state index contributed by atoms with van der Waals surface area (Å²) < 4.78 is 48.2. The molecule has 0 aliphatic rings. The zero-order chi connectivity index (χ0) is 29.9. The van der Waals surface area contributed by atoms with Crippen LogP contribution in [0, 0.1) is 0 Å². The quantitative estimate of drug-likeness (QED) is 0.103. The van der Waals surface area contributed by atoms with Gasteiger partial charge in [-0.3, -0.25) is 28.1 Å². The van der Waals surface area contributed by atoms with Gasteiger partial charge in [0.25, 0.3) is 0 Å². The van der Waals surface area contributed by atoms with E-state index in [-0.39, 0.29) is 36.1 Å². The van der Waals surface area contributed by atoms with Crippen molar-refractivity contribution in [2.45, 2.75) is 13.1 Å². The fraction of sp³-hybridized carbons (Fsp3) is 0.353. The SMILES string of the molecule is O=P(O)(O)CN(Cc1ccn(-c2cccc(-n3ccc(CN(CP(=O)(O)O)CP(=O)(O)O)n3)n2)n1)CP(=O)(O)O. The van der Waals surface area contributed by atoms with Gasteiger partial charge >= 0.3 is 30.4 Å². The summed E-state index contributed by atoms with van der Waals surface area (Å²) in [7, 11) is -18.5. The van der Waals surface area contributed by atoms with Crippen molar-refractivity contribution in [3.05, 3.63) is 54.1 Å². The second kappa shape index (κ2) is 12.5. The molecule has 0 aliphatic heterocycles. The highest BCUT2D eigenvalue weighted by Gasteiger charge is 2.27. The van der Waals surface area contributed by atoms with Gasteiger partial charge < -0.3 is 39.1 Å². The van der Waals surface area contributed by atoms with E-state index in [1.807, 2.05) is 0 Å². The van der Waals surface area contributed by atoms with E-state index in [1.165, 1.54) is 33.9 Å². The summed E-state index contributed by atoms with van der Waals surface area (Å²) in [5, 5.41) is 8.50. The second-order valence-corrected chi connectivity index (χ2v) is 15.2. The van der Waals surface area contributed by atoms with Crippen molar-refractivity contribution in [2.24, 2.45) is 0 Å². The molecule has 8 N–H and O–H groups in total. The minimum absolute atomic E-state index is 0.241. The normalized spacial score (nSPS) is 13.4. The molecule has 0 aromatic carbocycles. The lowest BCUT2D eigenvalue weighted by Crippen LogP contribution is -2.26. The van der Waals surface area contributed by atoms with Crippen LogP contribution in [0.2, 0.25) is 0 Å². The summed E-state index contributed by atoms with van der Waals surface area (Å²) in [6.07, 6.45) is -0.601. The van der Waals surface area contributed by atoms with E-state index in [1.54, 1.807) is 18.2 Å². The molecule has 0 saturated carbocycles. The average molecular weight is 645 g/mol. The highest BCUT2D eigenvalue weighted by Crippen LogP contribution is 2.42. The van der Waals surface area contributed by atoms with E-state index in [9.17, 15) is 57.4 Å². The minimum atomic E-state index is -4.62. The number of hydrogen-bond donors (Lipinski definition) is 8. The van der Waals surface area contributed by atoms with Crippen LogP contribution < -0.4 is 0 Å². The van der Waals surface area contributed by atoms with Crippen LogP contribution in [-0.2, 0) is 31.3 Å². The Morgan fingerprint density at radius 1 is 0.575 bits per heavy atom. The number of nitrogens with zero attached hydrogens (tertiary/aromatic N) is 7. The molecule has 3 aromatic rings. The first-order valence-corrected chi connectivity index (χ1v) is 18.1. The zero-order valence-corrected chi connectivity index (χ0v) is 24.0. The van der Waals surface area contributed by atoms with Crippen LogP contribution in [0.4, 0.5) is 0 Å². The molecular weight excluding hydrogens is 618 g/mol. The maximum Gasteiger partial charge on any atom is 0.339 e. The van der Waals surface area contributed by atoms with Crippen molar-refractivity contribution >= 4 is 30.4 Å². The zero-order valence-electron chi connectivity index (χ0n) is 20.4. The summed E-state index contributed by atoms with van der Waals surface area (Å²) in [6, 6.07) is 7.72. The second-order valence-electron chi connectivity index (χ2n) is 8.74. The van der Waals surface area contributed by atoms with E-state index >= 15 is 0 Å². The van der Waals surface area contributed by atoms with Gasteiger partial charge in [0.05, 0.1) is 11.4 Å². The molecule has 0 aliphatic carbocycles. The number of hydrogen-bond acceptors (Lipinski definition) is 9. The lowest BCUT2D eigenvalue weighted by molar-refractivity contribution is 0.268. The Balaban J connectivity index is 1.78. The molecule has 0 fully saturated rings. The van der Waals surface area contributed by atoms with Crippen LogP contribution in [0.5, 0.6) is 0 Å². The van der Waals surface area contributed by atoms with Gasteiger partial charge in [-0.05, 0) is 24.3 Å². The Kier molecular flexibility index (Phi) is 10.2. The van der Waals surface area contributed by atoms with Crippen LogP contribution in [0.15, 0.2) is 42.7 Å².